The maximum Gasteiger partial charge on any atom is 0.265 e. The molecule has 0 aromatic heterocycles. The molecule has 0 aliphatic rings. The first-order valence-electron chi connectivity index (χ1n) is 7.34. The molecule has 1 N–H and O–H groups in total. The first-order chi connectivity index (χ1) is 10.6. The zero-order chi connectivity index (χ0) is 17.3. The number of carbonyl (C=O) groups is 1. The average Bonchev–Trinajstić information content (AvgIpc) is 2.46. The van der Waals surface area contributed by atoms with Gasteiger partial charge in [0.15, 0.2) is 0 Å². The Morgan fingerprint density at radius 1 is 1.00 bits per heavy atom. The van der Waals surface area contributed by atoms with Crippen molar-refractivity contribution < 1.29 is 13.2 Å². The van der Waals surface area contributed by atoms with Gasteiger partial charge in [0, 0.05) is 5.56 Å². The number of nitrogens with one attached hydrogen (secondary N) is 1. The van der Waals surface area contributed by atoms with Crippen LogP contribution in [0.1, 0.15) is 42.3 Å². The Labute approximate surface area is 137 Å². The molecule has 2 aromatic carbocycles. The van der Waals surface area contributed by atoms with Gasteiger partial charge in [0.05, 0.1) is 4.90 Å². The summed E-state index contributed by atoms with van der Waals surface area (Å²) in [6, 6.07) is 13.4. The Bertz CT molecular complexity index is 816. The second-order valence-corrected chi connectivity index (χ2v) is 8.26. The molecule has 122 valence electrons. The predicted octanol–water partition coefficient (Wildman–Crippen LogP) is 3.41. The molecule has 0 atom stereocenters. The summed E-state index contributed by atoms with van der Waals surface area (Å²) in [6.07, 6.45) is 0. The zero-order valence-corrected chi connectivity index (χ0v) is 14.6. The van der Waals surface area contributed by atoms with E-state index in [0.717, 1.165) is 11.1 Å². The van der Waals surface area contributed by atoms with Crippen LogP contribution in [0.2, 0.25) is 0 Å². The molecule has 0 unspecified atom stereocenters. The zero-order valence-electron chi connectivity index (χ0n) is 13.8. The fraction of sp³-hybridized carbons (Fsp3) is 0.278. The molecule has 23 heavy (non-hydrogen) atoms. The van der Waals surface area contributed by atoms with Crippen LogP contribution in [0.5, 0.6) is 0 Å². The standard InChI is InChI=1S/C18H21NO3S/c1-13-6-5-7-14(12-13)17(20)19-23(21,22)16-10-8-15(9-11-16)18(2,3)4/h5-12H,1-4H3,(H,19,20). The molecule has 5 heteroatoms. The van der Waals surface area contributed by atoms with Gasteiger partial charge in [-0.1, -0.05) is 50.6 Å². The summed E-state index contributed by atoms with van der Waals surface area (Å²) < 4.78 is 26.8. The van der Waals surface area contributed by atoms with Crippen molar-refractivity contribution in [3.8, 4) is 0 Å². The molecular formula is C18H21NO3S. The van der Waals surface area contributed by atoms with Crippen molar-refractivity contribution in [1.82, 2.24) is 4.72 Å². The van der Waals surface area contributed by atoms with Gasteiger partial charge < -0.3 is 0 Å². The fourth-order valence-electron chi connectivity index (χ4n) is 2.16. The second-order valence-electron chi connectivity index (χ2n) is 6.58. The van der Waals surface area contributed by atoms with Crippen LogP contribution in [0.15, 0.2) is 53.4 Å². The van der Waals surface area contributed by atoms with Crippen LogP contribution in [0, 0.1) is 6.92 Å². The fourth-order valence-corrected chi connectivity index (χ4v) is 3.13. The molecule has 0 radical (unpaired) electrons. The molecule has 2 rings (SSSR count). The van der Waals surface area contributed by atoms with Crippen LogP contribution >= 0.6 is 0 Å². The third-order valence-electron chi connectivity index (χ3n) is 3.54. The van der Waals surface area contributed by atoms with E-state index in [1.54, 1.807) is 30.3 Å². The molecule has 0 bridgehead atoms. The highest BCUT2D eigenvalue weighted by Gasteiger charge is 2.20. The molecule has 0 aliphatic heterocycles. The summed E-state index contributed by atoms with van der Waals surface area (Å²) in [6.45, 7) is 8.00. The quantitative estimate of drug-likeness (QED) is 0.937. The van der Waals surface area contributed by atoms with E-state index < -0.39 is 15.9 Å². The normalized spacial score (nSPS) is 12.0. The van der Waals surface area contributed by atoms with E-state index in [1.165, 1.54) is 12.1 Å². The largest absolute Gasteiger partial charge is 0.268 e. The van der Waals surface area contributed by atoms with E-state index in [-0.39, 0.29) is 10.3 Å². The van der Waals surface area contributed by atoms with Crippen LogP contribution in [0.4, 0.5) is 0 Å². The van der Waals surface area contributed by atoms with Crippen molar-refractivity contribution in [1.29, 1.82) is 0 Å². The highest BCUT2D eigenvalue weighted by Crippen LogP contribution is 2.23. The molecule has 0 aliphatic carbocycles. The minimum absolute atomic E-state index is 0.0624. The van der Waals surface area contributed by atoms with Gasteiger partial charge in [-0.15, -0.1) is 0 Å². The molecule has 4 nitrogen and oxygen atoms in total. The summed E-state index contributed by atoms with van der Waals surface area (Å²) >= 11 is 0. The number of hydrogen-bond acceptors (Lipinski definition) is 3. The third-order valence-corrected chi connectivity index (χ3v) is 4.88. The molecule has 1 amide bonds. The van der Waals surface area contributed by atoms with Crippen molar-refractivity contribution in [2.24, 2.45) is 0 Å². The number of hydrogen-bond donors (Lipinski definition) is 1. The Morgan fingerprint density at radius 2 is 1.61 bits per heavy atom. The number of benzene rings is 2. The van der Waals surface area contributed by atoms with Gasteiger partial charge in [0.25, 0.3) is 15.9 Å². The Kier molecular flexibility index (Phi) is 4.61. The lowest BCUT2D eigenvalue weighted by atomic mass is 9.87. The molecule has 0 saturated carbocycles. The van der Waals surface area contributed by atoms with Gasteiger partial charge in [-0.05, 0) is 42.2 Å². The summed E-state index contributed by atoms with van der Waals surface area (Å²) in [5.74, 6) is -0.631. The monoisotopic (exact) mass is 331 g/mol. The van der Waals surface area contributed by atoms with Gasteiger partial charge in [0.2, 0.25) is 0 Å². The SMILES string of the molecule is Cc1cccc(C(=O)NS(=O)(=O)c2ccc(C(C)(C)C)cc2)c1. The van der Waals surface area contributed by atoms with Crippen LogP contribution < -0.4 is 4.72 Å². The van der Waals surface area contributed by atoms with Crippen LogP contribution in [0.3, 0.4) is 0 Å². The van der Waals surface area contributed by atoms with E-state index >= 15 is 0 Å². The minimum atomic E-state index is -3.88. The van der Waals surface area contributed by atoms with E-state index in [0.29, 0.717) is 5.56 Å². The van der Waals surface area contributed by atoms with Crippen molar-refractivity contribution >= 4 is 15.9 Å². The Hall–Kier alpha value is -2.14. The van der Waals surface area contributed by atoms with Crippen molar-refractivity contribution in [3.05, 3.63) is 65.2 Å². The molecule has 0 spiro atoms. The highest BCUT2D eigenvalue weighted by molar-refractivity contribution is 7.90. The predicted molar refractivity (Wildman–Crippen MR) is 91.0 cm³/mol. The summed E-state index contributed by atoms with van der Waals surface area (Å²) in [5.41, 5.74) is 2.18. The second kappa shape index (κ2) is 6.16. The van der Waals surface area contributed by atoms with Crippen molar-refractivity contribution in [2.75, 3.05) is 0 Å². The molecule has 0 fully saturated rings. The van der Waals surface area contributed by atoms with Crippen LogP contribution in [-0.4, -0.2) is 14.3 Å². The average molecular weight is 331 g/mol. The van der Waals surface area contributed by atoms with Gasteiger partial charge in [-0.3, -0.25) is 4.79 Å². The highest BCUT2D eigenvalue weighted by atomic mass is 32.2. The Balaban J connectivity index is 2.23. The van der Waals surface area contributed by atoms with E-state index in [2.05, 4.69) is 25.5 Å². The summed E-state index contributed by atoms with van der Waals surface area (Å²) in [7, 11) is -3.88. The lowest BCUT2D eigenvalue weighted by Gasteiger charge is -2.19. The van der Waals surface area contributed by atoms with Gasteiger partial charge in [-0.25, -0.2) is 13.1 Å². The van der Waals surface area contributed by atoms with Crippen LogP contribution in [0.25, 0.3) is 0 Å². The number of sulfonamides is 1. The van der Waals surface area contributed by atoms with E-state index in [4.69, 9.17) is 0 Å². The first-order valence-corrected chi connectivity index (χ1v) is 8.82. The Morgan fingerprint density at radius 3 is 2.13 bits per heavy atom. The number of amides is 1. The molecule has 0 saturated heterocycles. The maximum absolute atomic E-state index is 12.3. The van der Waals surface area contributed by atoms with E-state index in [9.17, 15) is 13.2 Å². The van der Waals surface area contributed by atoms with Crippen molar-refractivity contribution in [2.45, 2.75) is 38.0 Å². The summed E-state index contributed by atoms with van der Waals surface area (Å²) in [5, 5.41) is 0. The van der Waals surface area contributed by atoms with Crippen LogP contribution in [-0.2, 0) is 15.4 Å². The van der Waals surface area contributed by atoms with Gasteiger partial charge >= 0.3 is 0 Å². The first kappa shape index (κ1) is 17.2. The number of carbonyl (C=O) groups excluding carboxylic acids is 1. The lowest BCUT2D eigenvalue weighted by molar-refractivity contribution is 0.0981. The maximum atomic E-state index is 12.3. The molecule has 2 aromatic rings. The number of aryl methyl sites for hydroxylation is 1. The minimum Gasteiger partial charge on any atom is -0.268 e. The third kappa shape index (κ3) is 4.20. The van der Waals surface area contributed by atoms with Gasteiger partial charge in [-0.2, -0.15) is 0 Å². The van der Waals surface area contributed by atoms with Crippen molar-refractivity contribution in [3.63, 3.8) is 0 Å². The number of rotatable bonds is 3. The van der Waals surface area contributed by atoms with Gasteiger partial charge in [0.1, 0.15) is 0 Å². The van der Waals surface area contributed by atoms with E-state index in [1.807, 2.05) is 13.0 Å². The molecule has 0 heterocycles. The smallest absolute Gasteiger partial charge is 0.265 e. The lowest BCUT2D eigenvalue weighted by Crippen LogP contribution is -2.30. The molecular weight excluding hydrogens is 310 g/mol. The topological polar surface area (TPSA) is 63.2 Å². The summed E-state index contributed by atoms with van der Waals surface area (Å²) in [4.78, 5) is 12.2.